The zero-order valence-electron chi connectivity index (χ0n) is 36.7. The van der Waals surface area contributed by atoms with Crippen LogP contribution < -0.4 is 4.90 Å². The molecule has 1 aliphatic carbocycles. The lowest BCUT2D eigenvalue weighted by molar-refractivity contribution is 0.669. The van der Waals surface area contributed by atoms with Crippen molar-refractivity contribution < 1.29 is 4.42 Å². The molecule has 2 nitrogen and oxygen atoms in total. The van der Waals surface area contributed by atoms with Gasteiger partial charge >= 0.3 is 0 Å². The minimum absolute atomic E-state index is 0.461. The Morgan fingerprint density at radius 2 is 0.836 bits per heavy atom. The molecule has 1 heterocycles. The number of rotatable bonds is 8. The molecular weight excluding hydrogens is 811 g/mol. The maximum Gasteiger partial charge on any atom is 0.137 e. The fraction of sp³-hybridized carbons (Fsp3) is 0.0154. The van der Waals surface area contributed by atoms with E-state index >= 15 is 0 Å². The monoisotopic (exact) mass is 853 g/mol. The number of anilines is 3. The van der Waals surface area contributed by atoms with Crippen LogP contribution in [0.25, 0.3) is 77.2 Å². The summed E-state index contributed by atoms with van der Waals surface area (Å²) in [6, 6.07) is 95.0. The number of nitrogens with zero attached hydrogens (tertiary/aromatic N) is 1. The lowest BCUT2D eigenvalue weighted by atomic mass is 9.67. The average Bonchev–Trinajstić information content (AvgIpc) is 3.94. The van der Waals surface area contributed by atoms with E-state index in [9.17, 15) is 0 Å². The number of furan rings is 1. The Morgan fingerprint density at radius 3 is 1.57 bits per heavy atom. The van der Waals surface area contributed by atoms with Crippen LogP contribution in [0.5, 0.6) is 0 Å². The first-order valence-corrected chi connectivity index (χ1v) is 23.1. The molecule has 0 N–H and O–H groups in total. The van der Waals surface area contributed by atoms with Gasteiger partial charge in [-0.15, -0.1) is 0 Å². The van der Waals surface area contributed by atoms with E-state index in [2.05, 4.69) is 260 Å². The Hall–Kier alpha value is -8.72. The molecule has 13 rings (SSSR count). The summed E-state index contributed by atoms with van der Waals surface area (Å²) < 4.78 is 6.45. The van der Waals surface area contributed by atoms with Gasteiger partial charge in [-0.05, 0) is 138 Å². The van der Waals surface area contributed by atoms with Gasteiger partial charge in [0.15, 0.2) is 0 Å². The summed E-state index contributed by atoms with van der Waals surface area (Å²) in [6.07, 6.45) is 0. The number of hydrogen-bond donors (Lipinski definition) is 0. The SMILES string of the molecule is c1ccc(C2(c3ccccc3)c3ccccc3-c3ccc(-c4ccc(N(c5ccc(-c6cccc(-c7ccc8ccccc8c7)c6)cc5)c5cccc6oc7ccccc7c56)cc4)cc32)cc1. The van der Waals surface area contributed by atoms with Crippen LogP contribution in [0.2, 0.25) is 0 Å². The van der Waals surface area contributed by atoms with Gasteiger partial charge in [-0.3, -0.25) is 0 Å². The molecule has 314 valence electrons. The van der Waals surface area contributed by atoms with Crippen molar-refractivity contribution in [2.45, 2.75) is 5.41 Å². The Balaban J connectivity index is 0.916. The van der Waals surface area contributed by atoms with E-state index in [1.54, 1.807) is 0 Å². The van der Waals surface area contributed by atoms with E-state index in [0.29, 0.717) is 0 Å². The van der Waals surface area contributed by atoms with Crippen molar-refractivity contribution in [2.75, 3.05) is 4.90 Å². The van der Waals surface area contributed by atoms with Crippen molar-refractivity contribution >= 4 is 49.8 Å². The Bertz CT molecular complexity index is 3750. The van der Waals surface area contributed by atoms with Gasteiger partial charge in [-0.2, -0.15) is 0 Å². The molecule has 0 bridgehead atoms. The van der Waals surface area contributed by atoms with Crippen LogP contribution in [0.4, 0.5) is 17.1 Å². The zero-order chi connectivity index (χ0) is 44.3. The predicted molar refractivity (Wildman–Crippen MR) is 280 cm³/mol. The minimum Gasteiger partial charge on any atom is -0.456 e. The van der Waals surface area contributed by atoms with Gasteiger partial charge in [0.2, 0.25) is 0 Å². The van der Waals surface area contributed by atoms with Gasteiger partial charge in [0.25, 0.3) is 0 Å². The largest absolute Gasteiger partial charge is 0.456 e. The van der Waals surface area contributed by atoms with Crippen LogP contribution in [0.15, 0.2) is 265 Å². The number of para-hydroxylation sites is 1. The Morgan fingerprint density at radius 1 is 0.313 bits per heavy atom. The first-order valence-electron chi connectivity index (χ1n) is 23.1. The van der Waals surface area contributed by atoms with E-state index in [-0.39, 0.29) is 0 Å². The average molecular weight is 854 g/mol. The zero-order valence-corrected chi connectivity index (χ0v) is 36.7. The second-order valence-electron chi connectivity index (χ2n) is 17.6. The van der Waals surface area contributed by atoms with Crippen LogP contribution in [0.3, 0.4) is 0 Å². The third-order valence-electron chi connectivity index (χ3n) is 13.9. The third-order valence-corrected chi connectivity index (χ3v) is 13.9. The van der Waals surface area contributed by atoms with Gasteiger partial charge in [0.05, 0.1) is 16.5 Å². The first kappa shape index (κ1) is 38.7. The molecule has 11 aromatic carbocycles. The molecule has 67 heavy (non-hydrogen) atoms. The summed E-state index contributed by atoms with van der Waals surface area (Å²) in [6.45, 7) is 0. The molecule has 2 heteroatoms. The van der Waals surface area contributed by atoms with E-state index in [1.807, 2.05) is 6.07 Å². The molecule has 0 radical (unpaired) electrons. The molecular formula is C65H43NO. The molecule has 0 aliphatic heterocycles. The van der Waals surface area contributed by atoms with Crippen LogP contribution in [0, 0.1) is 0 Å². The second kappa shape index (κ2) is 15.8. The normalized spacial score (nSPS) is 12.6. The minimum atomic E-state index is -0.461. The third kappa shape index (κ3) is 6.33. The second-order valence-corrected chi connectivity index (χ2v) is 17.6. The molecule has 0 spiro atoms. The van der Waals surface area contributed by atoms with E-state index < -0.39 is 5.41 Å². The quantitative estimate of drug-likeness (QED) is 0.151. The molecule has 0 saturated heterocycles. The van der Waals surface area contributed by atoms with Crippen LogP contribution in [-0.2, 0) is 5.41 Å². The summed E-state index contributed by atoms with van der Waals surface area (Å²) in [5.74, 6) is 0. The van der Waals surface area contributed by atoms with Crippen molar-refractivity contribution in [1.29, 1.82) is 0 Å². The fourth-order valence-corrected chi connectivity index (χ4v) is 10.8. The predicted octanol–water partition coefficient (Wildman–Crippen LogP) is 17.6. The smallest absolute Gasteiger partial charge is 0.137 e. The van der Waals surface area contributed by atoms with Crippen molar-refractivity contribution in [2.24, 2.45) is 0 Å². The van der Waals surface area contributed by atoms with E-state index in [1.165, 1.54) is 66.4 Å². The van der Waals surface area contributed by atoms with Crippen molar-refractivity contribution in [3.05, 3.63) is 283 Å². The standard InChI is InChI=1S/C65H43NO/c1-3-19-52(20-4-1)65(53-21-5-2-6-22-53)59-25-11-9-23-56(59)57-40-35-51(43-60(57)65)46-33-38-55(39-34-46)66(61-26-14-28-63-64(61)58-24-10-12-27-62(58)67-63)54-36-31-45(32-37-54)48-17-13-18-49(41-48)50-30-29-44-15-7-8-16-47(44)42-50/h1-43H. The highest BCUT2D eigenvalue weighted by atomic mass is 16.3. The molecule has 0 amide bonds. The maximum atomic E-state index is 6.45. The van der Waals surface area contributed by atoms with Crippen molar-refractivity contribution in [3.8, 4) is 44.5 Å². The summed E-state index contributed by atoms with van der Waals surface area (Å²) >= 11 is 0. The Kier molecular flexibility index (Phi) is 9.11. The summed E-state index contributed by atoms with van der Waals surface area (Å²) in [4.78, 5) is 2.37. The first-order chi connectivity index (χ1) is 33.2. The van der Waals surface area contributed by atoms with Crippen molar-refractivity contribution in [1.82, 2.24) is 0 Å². The molecule has 12 aromatic rings. The number of fused-ring (bicyclic) bond motifs is 7. The molecule has 0 atom stereocenters. The lowest BCUT2D eigenvalue weighted by Gasteiger charge is -2.34. The highest BCUT2D eigenvalue weighted by molar-refractivity contribution is 6.13. The summed E-state index contributed by atoms with van der Waals surface area (Å²) in [7, 11) is 0. The maximum absolute atomic E-state index is 6.45. The van der Waals surface area contributed by atoms with Crippen molar-refractivity contribution in [3.63, 3.8) is 0 Å². The molecule has 0 saturated carbocycles. The number of hydrogen-bond acceptors (Lipinski definition) is 2. The molecule has 1 aliphatic rings. The van der Waals surface area contributed by atoms with E-state index in [0.717, 1.165) is 50.1 Å². The highest BCUT2D eigenvalue weighted by Gasteiger charge is 2.46. The topological polar surface area (TPSA) is 16.4 Å². The van der Waals surface area contributed by atoms with Crippen LogP contribution in [0.1, 0.15) is 22.3 Å². The van der Waals surface area contributed by atoms with Gasteiger partial charge in [-0.25, -0.2) is 0 Å². The highest BCUT2D eigenvalue weighted by Crippen LogP contribution is 2.57. The van der Waals surface area contributed by atoms with Gasteiger partial charge < -0.3 is 9.32 Å². The molecule has 1 aromatic heterocycles. The Labute approximate surface area is 390 Å². The van der Waals surface area contributed by atoms with Crippen LogP contribution in [-0.4, -0.2) is 0 Å². The van der Waals surface area contributed by atoms with Gasteiger partial charge in [-0.1, -0.05) is 200 Å². The fourth-order valence-electron chi connectivity index (χ4n) is 10.8. The summed E-state index contributed by atoms with van der Waals surface area (Å²) in [5, 5.41) is 4.68. The van der Waals surface area contributed by atoms with Gasteiger partial charge in [0, 0.05) is 16.8 Å². The molecule has 0 fully saturated rings. The number of benzene rings is 11. The van der Waals surface area contributed by atoms with Crippen LogP contribution >= 0.6 is 0 Å². The van der Waals surface area contributed by atoms with E-state index in [4.69, 9.17) is 4.42 Å². The molecule has 0 unspecified atom stereocenters. The lowest BCUT2D eigenvalue weighted by Crippen LogP contribution is -2.28. The van der Waals surface area contributed by atoms with Gasteiger partial charge in [0.1, 0.15) is 11.2 Å². The summed E-state index contributed by atoms with van der Waals surface area (Å²) in [5.41, 5.74) is 19.3.